The van der Waals surface area contributed by atoms with E-state index in [0.29, 0.717) is 15.6 Å². The smallest absolute Gasteiger partial charge is 0.255 e. The summed E-state index contributed by atoms with van der Waals surface area (Å²) in [4.78, 5) is 15.3. The monoisotopic (exact) mass is 304 g/mol. The molecule has 2 N–H and O–H groups in total. The molecule has 0 saturated carbocycles. The van der Waals surface area contributed by atoms with Gasteiger partial charge < -0.3 is 10.3 Å². The van der Waals surface area contributed by atoms with Crippen LogP contribution in [0, 0.1) is 0 Å². The van der Waals surface area contributed by atoms with E-state index in [4.69, 9.17) is 23.2 Å². The first kappa shape index (κ1) is 13.0. The molecular formula is C15H10Cl2N2O. The molecule has 0 bridgehead atoms. The molecule has 0 radical (unpaired) electrons. The molecule has 1 amide bonds. The zero-order chi connectivity index (χ0) is 14.1. The second kappa shape index (κ2) is 5.19. The second-order valence-corrected chi connectivity index (χ2v) is 5.26. The molecule has 100 valence electrons. The number of halogens is 2. The van der Waals surface area contributed by atoms with Gasteiger partial charge >= 0.3 is 0 Å². The van der Waals surface area contributed by atoms with Gasteiger partial charge in [-0.1, -0.05) is 23.2 Å². The molecule has 0 spiro atoms. The number of benzene rings is 2. The maximum Gasteiger partial charge on any atom is 0.255 e. The van der Waals surface area contributed by atoms with E-state index in [1.54, 1.807) is 18.2 Å². The summed E-state index contributed by atoms with van der Waals surface area (Å²) in [5.74, 6) is -0.246. The molecule has 0 fully saturated rings. The van der Waals surface area contributed by atoms with Crippen molar-refractivity contribution in [3.05, 3.63) is 64.3 Å². The second-order valence-electron chi connectivity index (χ2n) is 4.39. The third-order valence-electron chi connectivity index (χ3n) is 2.94. The van der Waals surface area contributed by atoms with Crippen LogP contribution in [0.1, 0.15) is 10.4 Å². The van der Waals surface area contributed by atoms with E-state index in [-0.39, 0.29) is 5.91 Å². The van der Waals surface area contributed by atoms with Gasteiger partial charge in [-0.15, -0.1) is 0 Å². The van der Waals surface area contributed by atoms with Crippen LogP contribution in [0.3, 0.4) is 0 Å². The van der Waals surface area contributed by atoms with Gasteiger partial charge in [-0.05, 0) is 42.5 Å². The largest absolute Gasteiger partial charge is 0.361 e. The van der Waals surface area contributed by atoms with Crippen LogP contribution in [-0.4, -0.2) is 10.9 Å². The zero-order valence-corrected chi connectivity index (χ0v) is 11.8. The lowest BCUT2D eigenvalue weighted by atomic mass is 10.2. The van der Waals surface area contributed by atoms with E-state index in [2.05, 4.69) is 10.3 Å². The predicted octanol–water partition coefficient (Wildman–Crippen LogP) is 4.73. The first-order chi connectivity index (χ1) is 9.61. The van der Waals surface area contributed by atoms with E-state index in [1.807, 2.05) is 30.5 Å². The Morgan fingerprint density at radius 3 is 2.50 bits per heavy atom. The Morgan fingerprint density at radius 1 is 1.00 bits per heavy atom. The van der Waals surface area contributed by atoms with Crippen molar-refractivity contribution in [1.29, 1.82) is 0 Å². The van der Waals surface area contributed by atoms with E-state index in [9.17, 15) is 4.79 Å². The minimum atomic E-state index is -0.246. The molecule has 0 aliphatic rings. The van der Waals surface area contributed by atoms with Crippen molar-refractivity contribution in [2.24, 2.45) is 0 Å². The Balaban J connectivity index is 1.87. The maximum absolute atomic E-state index is 12.2. The van der Waals surface area contributed by atoms with Gasteiger partial charge in [0.05, 0.1) is 0 Å². The van der Waals surface area contributed by atoms with Gasteiger partial charge in [0.15, 0.2) is 0 Å². The molecule has 20 heavy (non-hydrogen) atoms. The molecule has 0 unspecified atom stereocenters. The van der Waals surface area contributed by atoms with Crippen LogP contribution in [0.25, 0.3) is 10.9 Å². The number of rotatable bonds is 2. The summed E-state index contributed by atoms with van der Waals surface area (Å²) in [6.45, 7) is 0. The highest BCUT2D eigenvalue weighted by Crippen LogP contribution is 2.21. The minimum Gasteiger partial charge on any atom is -0.361 e. The van der Waals surface area contributed by atoms with Crippen molar-refractivity contribution in [3.8, 4) is 0 Å². The normalized spacial score (nSPS) is 10.7. The van der Waals surface area contributed by atoms with Gasteiger partial charge in [0, 0.05) is 38.4 Å². The van der Waals surface area contributed by atoms with Crippen LogP contribution < -0.4 is 5.32 Å². The number of aromatic nitrogens is 1. The highest BCUT2D eigenvalue weighted by atomic mass is 35.5. The standard InChI is InChI=1S/C15H10Cl2N2O/c16-11-5-10(6-12(17)8-11)15(20)19-13-1-2-14-9(7-13)3-4-18-14/h1-8,18H,(H,19,20). The molecule has 3 aromatic rings. The van der Waals surface area contributed by atoms with Crippen LogP contribution >= 0.6 is 23.2 Å². The van der Waals surface area contributed by atoms with E-state index in [1.165, 1.54) is 0 Å². The highest BCUT2D eigenvalue weighted by molar-refractivity contribution is 6.35. The topological polar surface area (TPSA) is 44.9 Å². The first-order valence-corrected chi connectivity index (χ1v) is 6.72. The molecule has 3 nitrogen and oxygen atoms in total. The molecule has 1 heterocycles. The minimum absolute atomic E-state index is 0.246. The fourth-order valence-corrected chi connectivity index (χ4v) is 2.55. The van der Waals surface area contributed by atoms with Crippen LogP contribution in [0.2, 0.25) is 10.0 Å². The first-order valence-electron chi connectivity index (χ1n) is 5.96. The zero-order valence-electron chi connectivity index (χ0n) is 10.3. The molecular weight excluding hydrogens is 295 g/mol. The Labute approximate surface area is 125 Å². The van der Waals surface area contributed by atoms with E-state index < -0.39 is 0 Å². The number of nitrogens with one attached hydrogen (secondary N) is 2. The molecule has 0 atom stereocenters. The summed E-state index contributed by atoms with van der Waals surface area (Å²) in [7, 11) is 0. The average Bonchev–Trinajstić information content (AvgIpc) is 2.85. The van der Waals surface area contributed by atoms with Gasteiger partial charge in [-0.25, -0.2) is 0 Å². The molecule has 1 aromatic heterocycles. The van der Waals surface area contributed by atoms with Gasteiger partial charge in [-0.3, -0.25) is 4.79 Å². The van der Waals surface area contributed by atoms with Crippen molar-refractivity contribution >= 4 is 45.7 Å². The summed E-state index contributed by atoms with van der Waals surface area (Å²) >= 11 is 11.8. The Bertz CT molecular complexity index is 775. The van der Waals surface area contributed by atoms with Crippen LogP contribution in [0.5, 0.6) is 0 Å². The lowest BCUT2D eigenvalue weighted by Crippen LogP contribution is -2.11. The fraction of sp³-hybridized carbons (Fsp3) is 0. The highest BCUT2D eigenvalue weighted by Gasteiger charge is 2.08. The molecule has 0 aliphatic heterocycles. The number of H-pyrrole nitrogens is 1. The molecule has 2 aromatic carbocycles. The fourth-order valence-electron chi connectivity index (χ4n) is 2.02. The van der Waals surface area contributed by atoms with E-state index >= 15 is 0 Å². The van der Waals surface area contributed by atoms with Gasteiger partial charge in [-0.2, -0.15) is 0 Å². The Hall–Kier alpha value is -1.97. The summed E-state index contributed by atoms with van der Waals surface area (Å²) in [5.41, 5.74) is 2.17. The molecule has 5 heteroatoms. The number of fused-ring (bicyclic) bond motifs is 1. The summed E-state index contributed by atoms with van der Waals surface area (Å²) < 4.78 is 0. The van der Waals surface area contributed by atoms with Crippen LogP contribution in [0.15, 0.2) is 48.7 Å². The average molecular weight is 305 g/mol. The number of carbonyl (C=O) groups is 1. The van der Waals surface area contributed by atoms with Gasteiger partial charge in [0.25, 0.3) is 5.91 Å². The Morgan fingerprint density at radius 2 is 1.75 bits per heavy atom. The SMILES string of the molecule is O=C(Nc1ccc2[nH]ccc2c1)c1cc(Cl)cc(Cl)c1. The summed E-state index contributed by atoms with van der Waals surface area (Å²) in [6.07, 6.45) is 1.85. The van der Waals surface area contributed by atoms with Crippen molar-refractivity contribution in [1.82, 2.24) is 4.98 Å². The molecule has 3 rings (SSSR count). The quantitative estimate of drug-likeness (QED) is 0.706. The Kier molecular flexibility index (Phi) is 3.38. The van der Waals surface area contributed by atoms with Crippen molar-refractivity contribution in [2.75, 3.05) is 5.32 Å². The van der Waals surface area contributed by atoms with Crippen LogP contribution in [-0.2, 0) is 0 Å². The van der Waals surface area contributed by atoms with Crippen LogP contribution in [0.4, 0.5) is 5.69 Å². The third-order valence-corrected chi connectivity index (χ3v) is 3.37. The number of anilines is 1. The lowest BCUT2D eigenvalue weighted by molar-refractivity contribution is 0.102. The number of carbonyl (C=O) groups excluding carboxylic acids is 1. The number of amides is 1. The van der Waals surface area contributed by atoms with Crippen molar-refractivity contribution in [3.63, 3.8) is 0 Å². The van der Waals surface area contributed by atoms with E-state index in [0.717, 1.165) is 16.6 Å². The summed E-state index contributed by atoms with van der Waals surface area (Å²) in [5, 5.41) is 4.73. The number of hydrogen-bond acceptors (Lipinski definition) is 1. The lowest BCUT2D eigenvalue weighted by Gasteiger charge is -2.06. The van der Waals surface area contributed by atoms with Gasteiger partial charge in [0.2, 0.25) is 0 Å². The number of aromatic amines is 1. The molecule has 0 saturated heterocycles. The third kappa shape index (κ3) is 2.64. The molecule has 0 aliphatic carbocycles. The van der Waals surface area contributed by atoms with Gasteiger partial charge in [0.1, 0.15) is 0 Å². The summed E-state index contributed by atoms with van der Waals surface area (Å²) in [6, 6.07) is 12.3. The van der Waals surface area contributed by atoms with Crippen molar-refractivity contribution in [2.45, 2.75) is 0 Å². The predicted molar refractivity (Wildman–Crippen MR) is 82.7 cm³/mol. The number of hydrogen-bond donors (Lipinski definition) is 2. The van der Waals surface area contributed by atoms with Crippen molar-refractivity contribution < 1.29 is 4.79 Å². The maximum atomic E-state index is 12.2.